The second kappa shape index (κ2) is 10.1. The van der Waals surface area contributed by atoms with Gasteiger partial charge in [-0.05, 0) is 48.8 Å². The summed E-state index contributed by atoms with van der Waals surface area (Å²) in [6.07, 6.45) is 8.41. The van der Waals surface area contributed by atoms with Crippen molar-refractivity contribution in [1.29, 1.82) is 0 Å². The van der Waals surface area contributed by atoms with E-state index in [1.54, 1.807) is 0 Å². The number of carbonyl (C=O) groups excluding carboxylic acids is 1. The number of aliphatic hydroxyl groups excluding tert-OH is 1. The summed E-state index contributed by atoms with van der Waals surface area (Å²) in [4.78, 5) is 11.5. The third kappa shape index (κ3) is 6.27. The van der Waals surface area contributed by atoms with Crippen LogP contribution in [0.2, 0.25) is 0 Å². The Hall–Kier alpha value is -1.13. The molecule has 138 valence electrons. The second-order valence-electron chi connectivity index (χ2n) is 7.07. The standard InChI is InChI=1S/C21H29BrO3/c1-3-6-17(15(2)20-14-25-21(20)24)13-19(23)8-5-4-7-16-9-11-18(22)12-10-16/h4,7,9-12,15,17,19-20,23H,3,5-6,8,13-14H2,1-2H3/b7-4+/t15?,17-,19+,20+/m0/s1. The molecule has 1 saturated heterocycles. The molecule has 0 aromatic heterocycles. The fourth-order valence-corrected chi connectivity index (χ4v) is 3.72. The van der Waals surface area contributed by atoms with Gasteiger partial charge in [0.25, 0.3) is 0 Å². The van der Waals surface area contributed by atoms with Crippen molar-refractivity contribution in [2.75, 3.05) is 6.61 Å². The third-order valence-corrected chi connectivity index (χ3v) is 5.70. The number of rotatable bonds is 10. The fourth-order valence-electron chi connectivity index (χ4n) is 3.46. The van der Waals surface area contributed by atoms with Gasteiger partial charge in [0.15, 0.2) is 0 Å². The molecule has 3 nitrogen and oxygen atoms in total. The van der Waals surface area contributed by atoms with Crippen LogP contribution in [0.3, 0.4) is 0 Å². The summed E-state index contributed by atoms with van der Waals surface area (Å²) in [6.45, 7) is 4.84. The first-order valence-electron chi connectivity index (χ1n) is 9.28. The number of hydrogen-bond donors (Lipinski definition) is 1. The molecule has 1 aromatic carbocycles. The van der Waals surface area contributed by atoms with Gasteiger partial charge in [0, 0.05) is 4.47 Å². The lowest BCUT2D eigenvalue weighted by Gasteiger charge is -2.35. The van der Waals surface area contributed by atoms with Crippen molar-refractivity contribution in [2.45, 2.75) is 52.1 Å². The zero-order valence-corrected chi connectivity index (χ0v) is 16.7. The summed E-state index contributed by atoms with van der Waals surface area (Å²) in [5.74, 6) is 0.629. The van der Waals surface area contributed by atoms with Gasteiger partial charge >= 0.3 is 5.97 Å². The molecule has 1 aliphatic heterocycles. The predicted molar refractivity (Wildman–Crippen MR) is 105 cm³/mol. The second-order valence-corrected chi connectivity index (χ2v) is 7.98. The Morgan fingerprint density at radius 2 is 2.04 bits per heavy atom. The molecule has 1 heterocycles. The van der Waals surface area contributed by atoms with Gasteiger partial charge in [-0.2, -0.15) is 0 Å². The van der Waals surface area contributed by atoms with Crippen molar-refractivity contribution in [3.05, 3.63) is 40.4 Å². The van der Waals surface area contributed by atoms with Gasteiger partial charge in [-0.3, -0.25) is 4.79 Å². The predicted octanol–water partition coefficient (Wildman–Crippen LogP) is 5.22. The monoisotopic (exact) mass is 408 g/mol. The number of esters is 1. The van der Waals surface area contributed by atoms with Crippen molar-refractivity contribution < 1.29 is 14.6 Å². The largest absolute Gasteiger partial charge is 0.464 e. The van der Waals surface area contributed by atoms with E-state index in [0.717, 1.165) is 36.6 Å². The Bertz CT molecular complexity index is 567. The lowest BCUT2D eigenvalue weighted by molar-refractivity contribution is -0.174. The molecule has 1 aliphatic rings. The van der Waals surface area contributed by atoms with E-state index in [0.29, 0.717) is 12.5 Å². The number of halogens is 1. The summed E-state index contributed by atoms with van der Waals surface area (Å²) in [6, 6.07) is 8.18. The van der Waals surface area contributed by atoms with Crippen molar-refractivity contribution in [2.24, 2.45) is 17.8 Å². The minimum atomic E-state index is -0.315. The number of allylic oxidation sites excluding steroid dienone is 1. The highest BCUT2D eigenvalue weighted by molar-refractivity contribution is 9.10. The summed E-state index contributed by atoms with van der Waals surface area (Å²) in [5.41, 5.74) is 1.17. The Morgan fingerprint density at radius 1 is 1.32 bits per heavy atom. The maximum absolute atomic E-state index is 11.5. The van der Waals surface area contributed by atoms with E-state index in [1.807, 2.05) is 12.1 Å². The van der Waals surface area contributed by atoms with Crippen LogP contribution < -0.4 is 0 Å². The molecule has 0 spiro atoms. The van der Waals surface area contributed by atoms with Crippen LogP contribution in [-0.4, -0.2) is 23.8 Å². The topological polar surface area (TPSA) is 46.5 Å². The van der Waals surface area contributed by atoms with Gasteiger partial charge in [0.2, 0.25) is 0 Å². The van der Waals surface area contributed by atoms with Gasteiger partial charge in [-0.25, -0.2) is 0 Å². The zero-order chi connectivity index (χ0) is 18.2. The maximum Gasteiger partial charge on any atom is 0.312 e. The molecule has 1 N–H and O–H groups in total. The molecular weight excluding hydrogens is 380 g/mol. The molecule has 1 aromatic rings. The van der Waals surface area contributed by atoms with E-state index in [2.05, 4.69) is 54.1 Å². The average molecular weight is 409 g/mol. The van der Waals surface area contributed by atoms with E-state index in [4.69, 9.17) is 4.74 Å². The zero-order valence-electron chi connectivity index (χ0n) is 15.2. The lowest BCUT2D eigenvalue weighted by atomic mass is 9.76. The van der Waals surface area contributed by atoms with E-state index in [-0.39, 0.29) is 23.9 Å². The molecule has 25 heavy (non-hydrogen) atoms. The van der Waals surface area contributed by atoms with Gasteiger partial charge in [0.1, 0.15) is 6.61 Å². The van der Waals surface area contributed by atoms with Gasteiger partial charge in [0.05, 0.1) is 12.0 Å². The van der Waals surface area contributed by atoms with Crippen molar-refractivity contribution in [3.63, 3.8) is 0 Å². The third-order valence-electron chi connectivity index (χ3n) is 5.17. The highest BCUT2D eigenvalue weighted by Gasteiger charge is 2.39. The maximum atomic E-state index is 11.5. The van der Waals surface area contributed by atoms with Crippen LogP contribution in [0.4, 0.5) is 0 Å². The molecule has 4 heteroatoms. The summed E-state index contributed by atoms with van der Waals surface area (Å²) in [5, 5.41) is 10.4. The molecule has 4 atom stereocenters. The minimum absolute atomic E-state index is 0.0288. The molecule has 0 bridgehead atoms. The Kier molecular flexibility index (Phi) is 8.17. The minimum Gasteiger partial charge on any atom is -0.464 e. The molecule has 2 rings (SSSR count). The first kappa shape index (κ1) is 20.2. The number of benzene rings is 1. The number of cyclic esters (lactones) is 1. The van der Waals surface area contributed by atoms with Crippen molar-refractivity contribution in [3.8, 4) is 0 Å². The molecule has 1 fully saturated rings. The lowest BCUT2D eigenvalue weighted by Crippen LogP contribution is -2.42. The van der Waals surface area contributed by atoms with Crippen LogP contribution in [0, 0.1) is 17.8 Å². The van der Waals surface area contributed by atoms with Gasteiger partial charge in [-0.15, -0.1) is 0 Å². The number of carbonyl (C=O) groups is 1. The molecular formula is C21H29BrO3. The molecule has 0 amide bonds. The summed E-state index contributed by atoms with van der Waals surface area (Å²) >= 11 is 3.43. The fraction of sp³-hybridized carbons (Fsp3) is 0.571. The Morgan fingerprint density at radius 3 is 2.60 bits per heavy atom. The van der Waals surface area contributed by atoms with E-state index in [9.17, 15) is 9.90 Å². The molecule has 0 aliphatic carbocycles. The van der Waals surface area contributed by atoms with Crippen LogP contribution in [0.25, 0.3) is 6.08 Å². The van der Waals surface area contributed by atoms with Gasteiger partial charge in [-0.1, -0.05) is 66.9 Å². The number of hydrogen-bond acceptors (Lipinski definition) is 3. The molecule has 1 unspecified atom stereocenters. The number of aliphatic hydroxyl groups is 1. The SMILES string of the molecule is CCC[C@@H](C[C@H](O)CC/C=C/c1ccc(Br)cc1)C(C)[C@H]1COC1=O. The Labute approximate surface area is 159 Å². The van der Waals surface area contributed by atoms with Gasteiger partial charge < -0.3 is 9.84 Å². The normalized spacial score (nSPS) is 20.8. The molecule has 0 radical (unpaired) electrons. The van der Waals surface area contributed by atoms with E-state index >= 15 is 0 Å². The average Bonchev–Trinajstić information content (AvgIpc) is 2.58. The van der Waals surface area contributed by atoms with Crippen molar-refractivity contribution >= 4 is 28.0 Å². The van der Waals surface area contributed by atoms with Crippen LogP contribution in [0.15, 0.2) is 34.8 Å². The number of ether oxygens (including phenoxy) is 1. The first-order chi connectivity index (χ1) is 12.0. The quantitative estimate of drug-likeness (QED) is 0.539. The summed E-state index contributed by atoms with van der Waals surface area (Å²) in [7, 11) is 0. The smallest absolute Gasteiger partial charge is 0.312 e. The summed E-state index contributed by atoms with van der Waals surface area (Å²) < 4.78 is 5.99. The van der Waals surface area contributed by atoms with Crippen LogP contribution in [0.1, 0.15) is 51.5 Å². The van der Waals surface area contributed by atoms with E-state index < -0.39 is 0 Å². The first-order valence-corrected chi connectivity index (χ1v) is 10.1. The highest BCUT2D eigenvalue weighted by atomic mass is 79.9. The van der Waals surface area contributed by atoms with E-state index in [1.165, 1.54) is 5.56 Å². The van der Waals surface area contributed by atoms with Crippen molar-refractivity contribution in [1.82, 2.24) is 0 Å². The Balaban J connectivity index is 1.77. The highest BCUT2D eigenvalue weighted by Crippen LogP contribution is 2.34. The molecule has 0 saturated carbocycles. The van der Waals surface area contributed by atoms with Crippen LogP contribution in [-0.2, 0) is 9.53 Å². The van der Waals surface area contributed by atoms with Crippen LogP contribution in [0.5, 0.6) is 0 Å². The van der Waals surface area contributed by atoms with Crippen LogP contribution >= 0.6 is 15.9 Å².